The smallest absolute Gasteiger partial charge is 0.335 e. The molecule has 2 rings (SSSR count). The molecule has 0 saturated carbocycles. The Labute approximate surface area is 116 Å². The van der Waals surface area contributed by atoms with Gasteiger partial charge in [-0.3, -0.25) is 0 Å². The number of aromatic nitrogens is 2. The van der Waals surface area contributed by atoms with Crippen LogP contribution in [-0.2, 0) is 10.3 Å². The third-order valence-electron chi connectivity index (χ3n) is 3.38. The first-order valence-electron chi connectivity index (χ1n) is 6.23. The van der Waals surface area contributed by atoms with E-state index in [1.54, 1.807) is 19.2 Å². The number of rotatable bonds is 5. The summed E-state index contributed by atoms with van der Waals surface area (Å²) < 4.78 is 10.6. The lowest BCUT2D eigenvalue weighted by Crippen LogP contribution is -2.24. The number of benzene rings is 1. The lowest BCUT2D eigenvalue weighted by Gasteiger charge is -2.21. The molecular formula is C14H16N2O4. The summed E-state index contributed by atoms with van der Waals surface area (Å²) in [5, 5.41) is 12.9. The van der Waals surface area contributed by atoms with Gasteiger partial charge in [-0.25, -0.2) is 4.79 Å². The number of nitrogens with zero attached hydrogens (tertiary/aromatic N) is 2. The van der Waals surface area contributed by atoms with Gasteiger partial charge < -0.3 is 14.4 Å². The second-order valence-electron chi connectivity index (χ2n) is 4.60. The highest BCUT2D eigenvalue weighted by molar-refractivity contribution is 5.88. The zero-order valence-electron chi connectivity index (χ0n) is 11.6. The summed E-state index contributed by atoms with van der Waals surface area (Å²) in [6, 6.07) is 6.36. The third kappa shape index (κ3) is 2.55. The molecule has 106 valence electrons. The average molecular weight is 276 g/mol. The highest BCUT2D eigenvalue weighted by Crippen LogP contribution is 2.28. The molecular weight excluding hydrogens is 260 g/mol. The Balaban J connectivity index is 2.38. The Morgan fingerprint density at radius 3 is 2.85 bits per heavy atom. The number of methoxy groups -OCH3 is 1. The minimum atomic E-state index is -0.998. The molecule has 0 bridgehead atoms. The number of aromatic carboxylic acids is 1. The predicted octanol–water partition coefficient (Wildman–Crippen LogP) is 2.71. The Kier molecular flexibility index (Phi) is 3.85. The Bertz CT molecular complexity index is 617. The number of carboxylic acid groups (broad SMARTS) is 1. The van der Waals surface area contributed by atoms with Crippen LogP contribution in [0.3, 0.4) is 0 Å². The van der Waals surface area contributed by atoms with Gasteiger partial charge in [0.25, 0.3) is 5.89 Å². The summed E-state index contributed by atoms with van der Waals surface area (Å²) >= 11 is 0. The standard InChI is InChI=1S/C14H16N2O4/c1-4-14(2,19-3)13-15-11(20-16-13)9-6-5-7-10(8-9)12(17)18/h5-8H,4H2,1-3H3,(H,17,18). The van der Waals surface area contributed by atoms with E-state index >= 15 is 0 Å². The van der Waals surface area contributed by atoms with Gasteiger partial charge in [0, 0.05) is 12.7 Å². The maximum absolute atomic E-state index is 11.0. The van der Waals surface area contributed by atoms with E-state index in [2.05, 4.69) is 10.1 Å². The van der Waals surface area contributed by atoms with Crippen LogP contribution >= 0.6 is 0 Å². The van der Waals surface area contributed by atoms with E-state index in [9.17, 15) is 4.79 Å². The summed E-state index contributed by atoms with van der Waals surface area (Å²) in [6.45, 7) is 3.83. The molecule has 1 N–H and O–H groups in total. The van der Waals surface area contributed by atoms with E-state index in [1.165, 1.54) is 12.1 Å². The van der Waals surface area contributed by atoms with Crippen LogP contribution in [-0.4, -0.2) is 28.3 Å². The van der Waals surface area contributed by atoms with Gasteiger partial charge in [-0.15, -0.1) is 0 Å². The molecule has 1 aromatic heterocycles. The van der Waals surface area contributed by atoms with Gasteiger partial charge >= 0.3 is 5.97 Å². The first-order valence-corrected chi connectivity index (χ1v) is 6.23. The van der Waals surface area contributed by atoms with E-state index < -0.39 is 11.6 Å². The van der Waals surface area contributed by atoms with Crippen molar-refractivity contribution in [3.8, 4) is 11.5 Å². The van der Waals surface area contributed by atoms with E-state index in [0.29, 0.717) is 17.8 Å². The van der Waals surface area contributed by atoms with Crippen molar-refractivity contribution in [2.75, 3.05) is 7.11 Å². The fourth-order valence-electron chi connectivity index (χ4n) is 1.73. The van der Waals surface area contributed by atoms with Crippen molar-refractivity contribution >= 4 is 5.97 Å². The van der Waals surface area contributed by atoms with Crippen LogP contribution in [0.25, 0.3) is 11.5 Å². The molecule has 0 aliphatic carbocycles. The molecule has 2 aromatic rings. The SMILES string of the molecule is CCC(C)(OC)c1noc(-c2cccc(C(=O)O)c2)n1. The average Bonchev–Trinajstić information content (AvgIpc) is 2.97. The monoisotopic (exact) mass is 276 g/mol. The van der Waals surface area contributed by atoms with E-state index in [-0.39, 0.29) is 11.5 Å². The van der Waals surface area contributed by atoms with Crippen LogP contribution in [0.2, 0.25) is 0 Å². The van der Waals surface area contributed by atoms with E-state index in [1.807, 2.05) is 13.8 Å². The predicted molar refractivity (Wildman–Crippen MR) is 71.3 cm³/mol. The second-order valence-corrected chi connectivity index (χ2v) is 4.60. The van der Waals surface area contributed by atoms with Crippen LogP contribution in [0, 0.1) is 0 Å². The molecule has 0 aliphatic heterocycles. The molecule has 1 heterocycles. The lowest BCUT2D eigenvalue weighted by molar-refractivity contribution is -0.0106. The molecule has 6 heteroatoms. The van der Waals surface area contributed by atoms with Crippen LogP contribution in [0.1, 0.15) is 36.5 Å². The van der Waals surface area contributed by atoms with Crippen molar-refractivity contribution in [1.82, 2.24) is 10.1 Å². The van der Waals surface area contributed by atoms with Crippen LogP contribution in [0.5, 0.6) is 0 Å². The molecule has 0 amide bonds. The lowest BCUT2D eigenvalue weighted by atomic mass is 10.0. The zero-order valence-corrected chi connectivity index (χ0v) is 11.6. The molecule has 1 atom stereocenters. The third-order valence-corrected chi connectivity index (χ3v) is 3.38. The van der Waals surface area contributed by atoms with E-state index in [0.717, 1.165) is 0 Å². The highest BCUT2D eigenvalue weighted by atomic mass is 16.5. The number of hydrogen-bond donors (Lipinski definition) is 1. The van der Waals surface area contributed by atoms with Crippen LogP contribution in [0.15, 0.2) is 28.8 Å². The van der Waals surface area contributed by atoms with Crippen LogP contribution in [0.4, 0.5) is 0 Å². The van der Waals surface area contributed by atoms with Gasteiger partial charge in [0.15, 0.2) is 0 Å². The van der Waals surface area contributed by atoms with Gasteiger partial charge in [-0.1, -0.05) is 18.1 Å². The topological polar surface area (TPSA) is 85.5 Å². The first kappa shape index (κ1) is 14.2. The largest absolute Gasteiger partial charge is 0.478 e. The Morgan fingerprint density at radius 2 is 2.25 bits per heavy atom. The summed E-state index contributed by atoms with van der Waals surface area (Å²) in [5.74, 6) is -0.278. The van der Waals surface area contributed by atoms with Crippen molar-refractivity contribution in [3.05, 3.63) is 35.7 Å². The number of carboxylic acids is 1. The minimum Gasteiger partial charge on any atom is -0.478 e. The highest BCUT2D eigenvalue weighted by Gasteiger charge is 2.30. The molecule has 1 aromatic carbocycles. The normalized spacial score (nSPS) is 13.9. The second kappa shape index (κ2) is 5.42. The van der Waals surface area contributed by atoms with Crippen molar-refractivity contribution in [3.63, 3.8) is 0 Å². The number of carbonyl (C=O) groups is 1. The quantitative estimate of drug-likeness (QED) is 0.903. The van der Waals surface area contributed by atoms with Gasteiger partial charge in [0.05, 0.1) is 5.56 Å². The molecule has 0 radical (unpaired) electrons. The Hall–Kier alpha value is -2.21. The minimum absolute atomic E-state index is 0.173. The molecule has 1 unspecified atom stereocenters. The number of ether oxygens (including phenoxy) is 1. The molecule has 20 heavy (non-hydrogen) atoms. The summed E-state index contributed by atoms with van der Waals surface area (Å²) in [6.07, 6.45) is 0.692. The van der Waals surface area contributed by atoms with Crippen molar-refractivity contribution in [2.24, 2.45) is 0 Å². The van der Waals surface area contributed by atoms with Crippen molar-refractivity contribution < 1.29 is 19.2 Å². The molecule has 6 nitrogen and oxygen atoms in total. The molecule has 0 saturated heterocycles. The number of hydrogen-bond acceptors (Lipinski definition) is 5. The fraction of sp³-hybridized carbons (Fsp3) is 0.357. The maximum atomic E-state index is 11.0. The van der Waals surface area contributed by atoms with Gasteiger partial charge in [-0.2, -0.15) is 4.98 Å². The first-order chi connectivity index (χ1) is 9.50. The maximum Gasteiger partial charge on any atom is 0.335 e. The fourth-order valence-corrected chi connectivity index (χ4v) is 1.73. The van der Waals surface area contributed by atoms with Gasteiger partial charge in [0.1, 0.15) is 5.60 Å². The zero-order chi connectivity index (χ0) is 14.8. The summed E-state index contributed by atoms with van der Waals surface area (Å²) in [5.41, 5.74) is 0.122. The van der Waals surface area contributed by atoms with Crippen LogP contribution < -0.4 is 0 Å². The summed E-state index contributed by atoms with van der Waals surface area (Å²) in [7, 11) is 1.59. The van der Waals surface area contributed by atoms with Gasteiger partial charge in [0.2, 0.25) is 5.82 Å². The summed E-state index contributed by atoms with van der Waals surface area (Å²) in [4.78, 5) is 15.3. The molecule has 0 aliphatic rings. The van der Waals surface area contributed by atoms with Crippen molar-refractivity contribution in [2.45, 2.75) is 25.9 Å². The Morgan fingerprint density at radius 1 is 1.50 bits per heavy atom. The molecule has 0 spiro atoms. The van der Waals surface area contributed by atoms with Crippen molar-refractivity contribution in [1.29, 1.82) is 0 Å². The van der Waals surface area contributed by atoms with Gasteiger partial charge in [-0.05, 0) is 31.5 Å². The van der Waals surface area contributed by atoms with E-state index in [4.69, 9.17) is 14.4 Å². The molecule has 0 fully saturated rings.